The van der Waals surface area contributed by atoms with Crippen LogP contribution < -0.4 is 5.32 Å². The summed E-state index contributed by atoms with van der Waals surface area (Å²) in [7, 11) is 0. The first kappa shape index (κ1) is 12.5. The Morgan fingerprint density at radius 2 is 1.79 bits per heavy atom. The lowest BCUT2D eigenvalue weighted by atomic mass is 10.1. The number of nitrogens with zero attached hydrogens (tertiary/aromatic N) is 1. The Morgan fingerprint density at radius 3 is 2.47 bits per heavy atom. The van der Waals surface area contributed by atoms with Crippen LogP contribution in [0.4, 0.5) is 0 Å². The summed E-state index contributed by atoms with van der Waals surface area (Å²) in [5.41, 5.74) is 3.57. The van der Waals surface area contributed by atoms with Gasteiger partial charge in [-0.3, -0.25) is 0 Å². The van der Waals surface area contributed by atoms with E-state index in [0.29, 0.717) is 0 Å². The zero-order chi connectivity index (χ0) is 13.1. The monoisotopic (exact) mass is 256 g/mol. The molecule has 0 amide bonds. The molecule has 19 heavy (non-hydrogen) atoms. The number of aliphatic hydroxyl groups excluding tert-OH is 1. The van der Waals surface area contributed by atoms with Gasteiger partial charge in [0.25, 0.3) is 0 Å². The van der Waals surface area contributed by atoms with Gasteiger partial charge >= 0.3 is 0 Å². The van der Waals surface area contributed by atoms with Gasteiger partial charge in [-0.15, -0.1) is 0 Å². The number of hydrogen-bond acceptors (Lipinski definition) is 2. The van der Waals surface area contributed by atoms with Crippen LogP contribution in [0.15, 0.2) is 42.7 Å². The van der Waals surface area contributed by atoms with E-state index in [2.05, 4.69) is 40.5 Å². The quantitative estimate of drug-likeness (QED) is 0.832. The van der Waals surface area contributed by atoms with Crippen molar-refractivity contribution in [1.29, 1.82) is 0 Å². The van der Waals surface area contributed by atoms with E-state index < -0.39 is 0 Å². The molecule has 0 atom stereocenters. The molecule has 0 saturated heterocycles. The number of benzene rings is 1. The first-order valence-electron chi connectivity index (χ1n) is 6.90. The Morgan fingerprint density at radius 1 is 1.05 bits per heavy atom. The van der Waals surface area contributed by atoms with Gasteiger partial charge in [-0.2, -0.15) is 0 Å². The lowest BCUT2D eigenvalue weighted by Gasteiger charge is -2.04. The minimum atomic E-state index is 0.112. The normalized spacial score (nSPS) is 14.8. The fourth-order valence-electron chi connectivity index (χ4n) is 2.20. The molecule has 0 spiro atoms. The summed E-state index contributed by atoms with van der Waals surface area (Å²) in [6, 6.07) is 11.1. The Hall–Kier alpha value is -1.58. The molecule has 3 nitrogen and oxygen atoms in total. The first-order valence-corrected chi connectivity index (χ1v) is 6.90. The lowest BCUT2D eigenvalue weighted by molar-refractivity contribution is 0.282. The Labute approximate surface area is 113 Å². The van der Waals surface area contributed by atoms with Crippen LogP contribution in [0.1, 0.15) is 29.5 Å². The highest BCUT2D eigenvalue weighted by Gasteiger charge is 2.19. The van der Waals surface area contributed by atoms with E-state index >= 15 is 0 Å². The maximum atomic E-state index is 9.02. The smallest absolute Gasteiger partial charge is 0.0681 e. The summed E-state index contributed by atoms with van der Waals surface area (Å²) < 4.78 is 2.21. The predicted molar refractivity (Wildman–Crippen MR) is 75.8 cm³/mol. The maximum absolute atomic E-state index is 9.02. The van der Waals surface area contributed by atoms with E-state index in [1.54, 1.807) is 0 Å². The van der Waals surface area contributed by atoms with E-state index in [-0.39, 0.29) is 6.61 Å². The van der Waals surface area contributed by atoms with Crippen LogP contribution >= 0.6 is 0 Å². The van der Waals surface area contributed by atoms with E-state index in [9.17, 15) is 0 Å². The SMILES string of the molecule is OCc1ccc(Cn2ccc(CNC3CC3)c2)cc1. The molecule has 1 aromatic heterocycles. The largest absolute Gasteiger partial charge is 0.392 e. The van der Waals surface area contributed by atoms with Crippen molar-refractivity contribution < 1.29 is 5.11 Å². The van der Waals surface area contributed by atoms with Gasteiger partial charge in [0.1, 0.15) is 0 Å². The van der Waals surface area contributed by atoms with Crippen molar-refractivity contribution in [2.45, 2.75) is 38.6 Å². The van der Waals surface area contributed by atoms with Crippen LogP contribution in [-0.2, 0) is 19.7 Å². The molecule has 2 aromatic rings. The molecule has 3 heteroatoms. The van der Waals surface area contributed by atoms with Crippen LogP contribution in [-0.4, -0.2) is 15.7 Å². The molecule has 1 saturated carbocycles. The third-order valence-electron chi connectivity index (χ3n) is 3.55. The van der Waals surface area contributed by atoms with Gasteiger partial charge in [-0.05, 0) is 35.6 Å². The fraction of sp³-hybridized carbons (Fsp3) is 0.375. The van der Waals surface area contributed by atoms with Gasteiger partial charge < -0.3 is 15.0 Å². The maximum Gasteiger partial charge on any atom is 0.0681 e. The summed E-state index contributed by atoms with van der Waals surface area (Å²) in [5, 5.41) is 12.5. The van der Waals surface area contributed by atoms with E-state index in [0.717, 1.165) is 24.7 Å². The second-order valence-corrected chi connectivity index (χ2v) is 5.32. The minimum Gasteiger partial charge on any atom is -0.392 e. The molecule has 1 aliphatic rings. The van der Waals surface area contributed by atoms with Crippen molar-refractivity contribution in [3.8, 4) is 0 Å². The van der Waals surface area contributed by atoms with Gasteiger partial charge in [0, 0.05) is 31.5 Å². The third-order valence-corrected chi connectivity index (χ3v) is 3.55. The second kappa shape index (κ2) is 5.59. The van der Waals surface area contributed by atoms with Crippen LogP contribution in [0.5, 0.6) is 0 Å². The van der Waals surface area contributed by atoms with Gasteiger partial charge in [-0.1, -0.05) is 24.3 Å². The standard InChI is InChI=1S/C16H20N2O/c19-12-14-3-1-13(2-4-14)10-18-8-7-15(11-18)9-17-16-5-6-16/h1-4,7-8,11,16-17,19H,5-6,9-10,12H2. The van der Waals surface area contributed by atoms with Crippen molar-refractivity contribution in [3.63, 3.8) is 0 Å². The van der Waals surface area contributed by atoms with Gasteiger partial charge in [0.2, 0.25) is 0 Å². The fourth-order valence-corrected chi connectivity index (χ4v) is 2.20. The number of aliphatic hydroxyl groups is 1. The first-order chi connectivity index (χ1) is 9.33. The highest BCUT2D eigenvalue weighted by Crippen LogP contribution is 2.19. The molecule has 0 bridgehead atoms. The molecule has 1 fully saturated rings. The zero-order valence-corrected chi connectivity index (χ0v) is 11.0. The molecule has 100 valence electrons. The average molecular weight is 256 g/mol. The highest BCUT2D eigenvalue weighted by molar-refractivity contribution is 5.23. The molecule has 0 unspecified atom stereocenters. The summed E-state index contributed by atoms with van der Waals surface area (Å²) in [6.45, 7) is 1.97. The van der Waals surface area contributed by atoms with Crippen molar-refractivity contribution in [2.75, 3.05) is 0 Å². The van der Waals surface area contributed by atoms with Crippen LogP contribution in [0.2, 0.25) is 0 Å². The van der Waals surface area contributed by atoms with Crippen molar-refractivity contribution in [2.24, 2.45) is 0 Å². The predicted octanol–water partition coefficient (Wildman–Crippen LogP) is 2.28. The van der Waals surface area contributed by atoms with E-state index in [1.807, 2.05) is 12.1 Å². The third kappa shape index (κ3) is 3.46. The minimum absolute atomic E-state index is 0.112. The Bertz CT molecular complexity index is 526. The van der Waals surface area contributed by atoms with Crippen molar-refractivity contribution in [1.82, 2.24) is 9.88 Å². The Balaban J connectivity index is 1.58. The number of rotatable bonds is 6. The molecule has 1 heterocycles. The summed E-state index contributed by atoms with van der Waals surface area (Å²) in [4.78, 5) is 0. The summed E-state index contributed by atoms with van der Waals surface area (Å²) >= 11 is 0. The zero-order valence-electron chi connectivity index (χ0n) is 11.0. The van der Waals surface area contributed by atoms with Gasteiger partial charge in [0.05, 0.1) is 6.61 Å². The second-order valence-electron chi connectivity index (χ2n) is 5.32. The van der Waals surface area contributed by atoms with E-state index in [4.69, 9.17) is 5.11 Å². The van der Waals surface area contributed by atoms with Crippen molar-refractivity contribution in [3.05, 3.63) is 59.4 Å². The highest BCUT2D eigenvalue weighted by atomic mass is 16.3. The molecule has 0 radical (unpaired) electrons. The molecular weight excluding hydrogens is 236 g/mol. The molecule has 2 N–H and O–H groups in total. The lowest BCUT2D eigenvalue weighted by Crippen LogP contribution is -2.14. The molecule has 1 aromatic carbocycles. The summed E-state index contributed by atoms with van der Waals surface area (Å²) in [5.74, 6) is 0. The topological polar surface area (TPSA) is 37.2 Å². The average Bonchev–Trinajstić information content (AvgIpc) is 3.17. The number of hydrogen-bond donors (Lipinski definition) is 2. The van der Waals surface area contributed by atoms with Crippen LogP contribution in [0, 0.1) is 0 Å². The molecular formula is C16H20N2O. The van der Waals surface area contributed by atoms with Gasteiger partial charge in [0.15, 0.2) is 0 Å². The van der Waals surface area contributed by atoms with Crippen molar-refractivity contribution >= 4 is 0 Å². The molecule has 3 rings (SSSR count). The number of nitrogens with one attached hydrogen (secondary N) is 1. The summed E-state index contributed by atoms with van der Waals surface area (Å²) in [6.07, 6.45) is 7.00. The Kier molecular flexibility index (Phi) is 3.67. The van der Waals surface area contributed by atoms with Crippen LogP contribution in [0.25, 0.3) is 0 Å². The number of aromatic nitrogens is 1. The molecule has 1 aliphatic carbocycles. The van der Waals surface area contributed by atoms with Gasteiger partial charge in [-0.25, -0.2) is 0 Å². The molecule has 0 aliphatic heterocycles. The van der Waals surface area contributed by atoms with Crippen LogP contribution in [0.3, 0.4) is 0 Å². The van der Waals surface area contributed by atoms with E-state index in [1.165, 1.54) is 24.0 Å².